The molecule has 0 aliphatic heterocycles. The Morgan fingerprint density at radius 1 is 1.29 bits per heavy atom. The Labute approximate surface area is 95.0 Å². The van der Waals surface area contributed by atoms with Crippen LogP contribution >= 0.6 is 15.9 Å². The van der Waals surface area contributed by atoms with Gasteiger partial charge in [-0.15, -0.1) is 0 Å². The van der Waals surface area contributed by atoms with E-state index >= 15 is 0 Å². The highest BCUT2D eigenvalue weighted by atomic mass is 79.9. The van der Waals surface area contributed by atoms with Gasteiger partial charge in [0.05, 0.1) is 0 Å². The van der Waals surface area contributed by atoms with Gasteiger partial charge in [-0.2, -0.15) is 0 Å². The fourth-order valence-corrected chi connectivity index (χ4v) is 1.88. The minimum atomic E-state index is 0.436. The highest BCUT2D eigenvalue weighted by Crippen LogP contribution is 2.25. The second kappa shape index (κ2) is 4.94. The molecule has 0 spiro atoms. The second-order valence-electron chi connectivity index (χ2n) is 3.75. The zero-order valence-electron chi connectivity index (χ0n) is 9.32. The van der Waals surface area contributed by atoms with Gasteiger partial charge in [-0.1, -0.05) is 35.0 Å². The Balaban J connectivity index is 3.00. The van der Waals surface area contributed by atoms with Crippen LogP contribution in [0, 0.1) is 13.8 Å². The molecule has 0 aliphatic rings. The first kappa shape index (κ1) is 11.7. The molecular weight excluding hydrogens is 238 g/mol. The van der Waals surface area contributed by atoms with E-state index in [-0.39, 0.29) is 0 Å². The fraction of sp³-hybridized carbons (Fsp3) is 0.500. The van der Waals surface area contributed by atoms with E-state index in [1.165, 1.54) is 21.2 Å². The highest BCUT2D eigenvalue weighted by molar-refractivity contribution is 9.10. The summed E-state index contributed by atoms with van der Waals surface area (Å²) in [6, 6.07) is 4.92. The Morgan fingerprint density at radius 2 is 1.79 bits per heavy atom. The van der Waals surface area contributed by atoms with Gasteiger partial charge in [0.1, 0.15) is 0 Å². The predicted octanol–water partition coefficient (Wildman–Crippen LogP) is 3.74. The van der Waals surface area contributed by atoms with Gasteiger partial charge in [0.25, 0.3) is 0 Å². The van der Waals surface area contributed by atoms with E-state index in [4.69, 9.17) is 0 Å². The van der Waals surface area contributed by atoms with Gasteiger partial charge in [0.15, 0.2) is 0 Å². The molecule has 0 amide bonds. The lowest BCUT2D eigenvalue weighted by Crippen LogP contribution is -2.17. The number of hydrogen-bond donors (Lipinski definition) is 1. The molecule has 0 saturated carbocycles. The first-order chi connectivity index (χ1) is 6.56. The van der Waals surface area contributed by atoms with Crippen LogP contribution in [0.4, 0.5) is 0 Å². The lowest BCUT2D eigenvalue weighted by atomic mass is 10.0. The lowest BCUT2D eigenvalue weighted by molar-refractivity contribution is 0.597. The molecule has 1 N–H and O–H groups in total. The lowest BCUT2D eigenvalue weighted by Gasteiger charge is -2.15. The molecule has 78 valence electrons. The molecule has 1 aromatic rings. The molecule has 2 heteroatoms. The predicted molar refractivity (Wildman–Crippen MR) is 65.7 cm³/mol. The Morgan fingerprint density at radius 3 is 2.21 bits per heavy atom. The van der Waals surface area contributed by atoms with Crippen molar-refractivity contribution in [2.45, 2.75) is 33.7 Å². The van der Waals surface area contributed by atoms with Crippen molar-refractivity contribution in [2.75, 3.05) is 6.54 Å². The number of halogens is 1. The Kier molecular flexibility index (Phi) is 4.14. The average molecular weight is 256 g/mol. The molecule has 0 radical (unpaired) electrons. The molecule has 0 saturated heterocycles. The summed E-state index contributed by atoms with van der Waals surface area (Å²) in [5.41, 5.74) is 3.99. The molecule has 1 aromatic carbocycles. The van der Waals surface area contributed by atoms with E-state index in [2.05, 4.69) is 61.1 Å². The summed E-state index contributed by atoms with van der Waals surface area (Å²) in [5.74, 6) is 0. The van der Waals surface area contributed by atoms with Crippen molar-refractivity contribution in [3.05, 3.63) is 33.3 Å². The molecule has 1 atom stereocenters. The van der Waals surface area contributed by atoms with Gasteiger partial charge in [0.2, 0.25) is 0 Å². The van der Waals surface area contributed by atoms with Crippen LogP contribution in [0.25, 0.3) is 0 Å². The summed E-state index contributed by atoms with van der Waals surface area (Å²) in [6.45, 7) is 9.62. The smallest absolute Gasteiger partial charge is 0.0291 e. The van der Waals surface area contributed by atoms with Crippen molar-refractivity contribution in [1.82, 2.24) is 5.32 Å². The fourth-order valence-electron chi connectivity index (χ4n) is 1.65. The molecule has 0 fully saturated rings. The van der Waals surface area contributed by atoms with Gasteiger partial charge < -0.3 is 5.32 Å². The maximum atomic E-state index is 3.58. The normalized spacial score (nSPS) is 12.9. The summed E-state index contributed by atoms with van der Waals surface area (Å²) >= 11 is 3.58. The summed E-state index contributed by atoms with van der Waals surface area (Å²) in [5, 5.41) is 3.42. The minimum Gasteiger partial charge on any atom is -0.310 e. The van der Waals surface area contributed by atoms with E-state index in [0.29, 0.717) is 6.04 Å². The van der Waals surface area contributed by atoms with Crippen LogP contribution in [0.1, 0.15) is 36.6 Å². The quantitative estimate of drug-likeness (QED) is 0.868. The maximum Gasteiger partial charge on any atom is 0.0291 e. The van der Waals surface area contributed by atoms with E-state index < -0.39 is 0 Å². The van der Waals surface area contributed by atoms with Crippen LogP contribution in [0.2, 0.25) is 0 Å². The van der Waals surface area contributed by atoms with Gasteiger partial charge in [0, 0.05) is 10.5 Å². The van der Waals surface area contributed by atoms with Crippen LogP contribution in [0.3, 0.4) is 0 Å². The molecular formula is C12H18BrN. The van der Waals surface area contributed by atoms with Gasteiger partial charge in [-0.3, -0.25) is 0 Å². The Hall–Kier alpha value is -0.340. The van der Waals surface area contributed by atoms with Gasteiger partial charge in [-0.25, -0.2) is 0 Å². The van der Waals surface area contributed by atoms with E-state index in [1.54, 1.807) is 0 Å². The second-order valence-corrected chi connectivity index (χ2v) is 4.54. The third kappa shape index (κ3) is 2.58. The Bertz CT molecular complexity index is 297. The van der Waals surface area contributed by atoms with Crippen molar-refractivity contribution >= 4 is 15.9 Å². The number of aryl methyl sites for hydroxylation is 2. The van der Waals surface area contributed by atoms with E-state index in [9.17, 15) is 0 Å². The SMILES string of the molecule is CCNC(C)c1cc(C)c(Br)c(C)c1. The zero-order valence-corrected chi connectivity index (χ0v) is 10.9. The molecule has 0 bridgehead atoms. The van der Waals surface area contributed by atoms with E-state index in [1.807, 2.05) is 0 Å². The maximum absolute atomic E-state index is 3.58. The molecule has 14 heavy (non-hydrogen) atoms. The topological polar surface area (TPSA) is 12.0 Å². The summed E-state index contributed by atoms with van der Waals surface area (Å²) in [6.07, 6.45) is 0. The summed E-state index contributed by atoms with van der Waals surface area (Å²) in [7, 11) is 0. The number of hydrogen-bond acceptors (Lipinski definition) is 1. The van der Waals surface area contributed by atoms with Gasteiger partial charge in [-0.05, 0) is 44.0 Å². The van der Waals surface area contributed by atoms with Crippen LogP contribution in [0.15, 0.2) is 16.6 Å². The highest BCUT2D eigenvalue weighted by Gasteiger charge is 2.07. The third-order valence-corrected chi connectivity index (χ3v) is 3.72. The monoisotopic (exact) mass is 255 g/mol. The van der Waals surface area contributed by atoms with Crippen LogP contribution < -0.4 is 5.32 Å². The molecule has 1 nitrogen and oxygen atoms in total. The molecule has 0 aromatic heterocycles. The molecule has 0 aliphatic carbocycles. The van der Waals surface area contributed by atoms with E-state index in [0.717, 1.165) is 6.54 Å². The third-order valence-electron chi connectivity index (χ3n) is 2.47. The van der Waals surface area contributed by atoms with Crippen molar-refractivity contribution in [3.63, 3.8) is 0 Å². The summed E-state index contributed by atoms with van der Waals surface area (Å²) in [4.78, 5) is 0. The van der Waals surface area contributed by atoms with Crippen molar-refractivity contribution in [3.8, 4) is 0 Å². The van der Waals surface area contributed by atoms with Crippen molar-refractivity contribution in [2.24, 2.45) is 0 Å². The van der Waals surface area contributed by atoms with Crippen LogP contribution in [0.5, 0.6) is 0 Å². The minimum absolute atomic E-state index is 0.436. The zero-order chi connectivity index (χ0) is 10.7. The number of rotatable bonds is 3. The summed E-state index contributed by atoms with van der Waals surface area (Å²) < 4.78 is 1.23. The van der Waals surface area contributed by atoms with Crippen molar-refractivity contribution < 1.29 is 0 Å². The van der Waals surface area contributed by atoms with Gasteiger partial charge >= 0.3 is 0 Å². The van der Waals surface area contributed by atoms with Crippen LogP contribution in [-0.2, 0) is 0 Å². The molecule has 0 heterocycles. The first-order valence-electron chi connectivity index (χ1n) is 5.06. The largest absolute Gasteiger partial charge is 0.310 e. The van der Waals surface area contributed by atoms with Crippen LogP contribution in [-0.4, -0.2) is 6.54 Å². The standard InChI is InChI=1S/C12H18BrN/c1-5-14-10(4)11-6-8(2)12(13)9(3)7-11/h6-7,10,14H,5H2,1-4H3. The average Bonchev–Trinajstić information content (AvgIpc) is 2.13. The number of nitrogens with one attached hydrogen (secondary N) is 1. The first-order valence-corrected chi connectivity index (χ1v) is 5.85. The number of benzene rings is 1. The molecule has 1 rings (SSSR count). The molecule has 1 unspecified atom stereocenters. The van der Waals surface area contributed by atoms with Crippen molar-refractivity contribution in [1.29, 1.82) is 0 Å².